The van der Waals surface area contributed by atoms with Crippen molar-refractivity contribution in [1.29, 1.82) is 0 Å². The molecule has 3 aromatic rings. The maximum Gasteiger partial charge on any atom is 0.348 e. The molecule has 0 radical (unpaired) electrons. The van der Waals surface area contributed by atoms with E-state index in [0.717, 1.165) is 22.2 Å². The van der Waals surface area contributed by atoms with Crippen LogP contribution in [0.25, 0.3) is 10.2 Å². The average Bonchev–Trinajstić information content (AvgIpc) is 2.86. The minimum absolute atomic E-state index is 0.106. The molecule has 0 unspecified atom stereocenters. The van der Waals surface area contributed by atoms with E-state index >= 15 is 0 Å². The number of carbonyl (C=O) groups excluding carboxylic acids is 1. The van der Waals surface area contributed by atoms with Crippen LogP contribution in [-0.4, -0.2) is 23.0 Å². The van der Waals surface area contributed by atoms with Crippen molar-refractivity contribution < 1.29 is 9.53 Å². The van der Waals surface area contributed by atoms with E-state index in [-0.39, 0.29) is 5.28 Å². The predicted octanol–water partition coefficient (Wildman–Crippen LogP) is 5.15. The van der Waals surface area contributed by atoms with E-state index < -0.39 is 5.97 Å². The SMILES string of the molecule is COC(=O)c1sc2nc(Cl)nc(Nc3ccc(Cl)cc3C)c2c1C. The minimum Gasteiger partial charge on any atom is -0.465 e. The van der Waals surface area contributed by atoms with Crippen molar-refractivity contribution in [2.75, 3.05) is 12.4 Å². The second-order valence-electron chi connectivity index (χ2n) is 5.15. The van der Waals surface area contributed by atoms with Crippen molar-refractivity contribution in [1.82, 2.24) is 9.97 Å². The standard InChI is InChI=1S/C16H13Cl2N3O2S/c1-7-6-9(17)4-5-10(7)19-13-11-8(2)12(15(22)23-3)24-14(11)21-16(18)20-13/h4-6H,1-3H3,(H,19,20,21). The van der Waals surface area contributed by atoms with E-state index in [1.54, 1.807) is 6.07 Å². The number of anilines is 2. The van der Waals surface area contributed by atoms with Crippen LogP contribution < -0.4 is 5.32 Å². The van der Waals surface area contributed by atoms with Gasteiger partial charge in [0.05, 0.1) is 12.5 Å². The zero-order valence-electron chi connectivity index (χ0n) is 13.1. The number of hydrogen-bond acceptors (Lipinski definition) is 6. The number of rotatable bonds is 3. The first-order chi connectivity index (χ1) is 11.4. The van der Waals surface area contributed by atoms with Crippen molar-refractivity contribution >= 4 is 62.2 Å². The number of nitrogens with one attached hydrogen (secondary N) is 1. The molecule has 2 heterocycles. The zero-order valence-corrected chi connectivity index (χ0v) is 15.4. The van der Waals surface area contributed by atoms with E-state index in [1.165, 1.54) is 18.4 Å². The number of hydrogen-bond donors (Lipinski definition) is 1. The fourth-order valence-electron chi connectivity index (χ4n) is 2.39. The molecule has 0 amide bonds. The molecule has 1 aromatic carbocycles. The van der Waals surface area contributed by atoms with Crippen molar-refractivity contribution in [2.24, 2.45) is 0 Å². The second-order valence-corrected chi connectivity index (χ2v) is 6.93. The molecule has 0 aliphatic rings. The quantitative estimate of drug-likeness (QED) is 0.502. The highest BCUT2D eigenvalue weighted by molar-refractivity contribution is 7.20. The zero-order chi connectivity index (χ0) is 17.4. The highest BCUT2D eigenvalue weighted by atomic mass is 35.5. The van der Waals surface area contributed by atoms with Gasteiger partial charge in [0, 0.05) is 10.7 Å². The fraction of sp³-hybridized carbons (Fsp3) is 0.188. The maximum absolute atomic E-state index is 11.9. The summed E-state index contributed by atoms with van der Waals surface area (Å²) < 4.78 is 4.82. The number of benzene rings is 1. The molecule has 0 spiro atoms. The molecule has 3 rings (SSSR count). The van der Waals surface area contributed by atoms with Gasteiger partial charge >= 0.3 is 5.97 Å². The lowest BCUT2D eigenvalue weighted by Gasteiger charge is -2.11. The average molecular weight is 382 g/mol. The third kappa shape index (κ3) is 3.05. The molecule has 0 atom stereocenters. The molecule has 1 N–H and O–H groups in total. The number of fused-ring (bicyclic) bond motifs is 1. The molecule has 0 fully saturated rings. The number of aryl methyl sites for hydroxylation is 2. The first kappa shape index (κ1) is 17.0. The van der Waals surface area contributed by atoms with Crippen molar-refractivity contribution in [3.63, 3.8) is 0 Å². The Bertz CT molecular complexity index is 956. The van der Waals surface area contributed by atoms with Crippen molar-refractivity contribution in [3.05, 3.63) is 44.5 Å². The number of thiophene rings is 1. The monoisotopic (exact) mass is 381 g/mol. The molecule has 24 heavy (non-hydrogen) atoms. The van der Waals surface area contributed by atoms with E-state index in [4.69, 9.17) is 27.9 Å². The highest BCUT2D eigenvalue weighted by Crippen LogP contribution is 2.36. The Labute approximate surface area is 152 Å². The highest BCUT2D eigenvalue weighted by Gasteiger charge is 2.21. The van der Waals surface area contributed by atoms with Crippen LogP contribution in [0.4, 0.5) is 11.5 Å². The molecule has 8 heteroatoms. The van der Waals surface area contributed by atoms with Gasteiger partial charge in [-0.05, 0) is 54.8 Å². The van der Waals surface area contributed by atoms with E-state index in [1.807, 2.05) is 26.0 Å². The van der Waals surface area contributed by atoms with E-state index in [2.05, 4.69) is 15.3 Å². The Hall–Kier alpha value is -1.89. The maximum atomic E-state index is 11.9. The summed E-state index contributed by atoms with van der Waals surface area (Å²) in [4.78, 5) is 21.5. The first-order valence-electron chi connectivity index (χ1n) is 6.99. The lowest BCUT2D eigenvalue weighted by molar-refractivity contribution is 0.0605. The summed E-state index contributed by atoms with van der Waals surface area (Å²) in [6.45, 7) is 3.77. The fourth-order valence-corrected chi connectivity index (χ4v) is 3.93. The number of halogens is 2. The van der Waals surface area contributed by atoms with Gasteiger partial charge in [-0.2, -0.15) is 4.98 Å². The van der Waals surface area contributed by atoms with Crippen LogP contribution in [0.3, 0.4) is 0 Å². The van der Waals surface area contributed by atoms with Crippen LogP contribution in [0.1, 0.15) is 20.8 Å². The third-order valence-corrected chi connectivity index (χ3v) is 5.15. The number of aromatic nitrogens is 2. The third-order valence-electron chi connectivity index (χ3n) is 3.58. The van der Waals surface area contributed by atoms with Gasteiger partial charge in [0.2, 0.25) is 5.28 Å². The number of esters is 1. The largest absolute Gasteiger partial charge is 0.465 e. The summed E-state index contributed by atoms with van der Waals surface area (Å²) in [6, 6.07) is 5.50. The summed E-state index contributed by atoms with van der Waals surface area (Å²) >= 11 is 13.3. The molecular weight excluding hydrogens is 369 g/mol. The lowest BCUT2D eigenvalue weighted by atomic mass is 10.1. The van der Waals surface area contributed by atoms with Crippen LogP contribution in [0.5, 0.6) is 0 Å². The molecule has 0 bridgehead atoms. The first-order valence-corrected chi connectivity index (χ1v) is 8.56. The molecular formula is C16H13Cl2N3O2S. The summed E-state index contributed by atoms with van der Waals surface area (Å²) in [5.41, 5.74) is 2.57. The summed E-state index contributed by atoms with van der Waals surface area (Å²) in [6.07, 6.45) is 0. The molecule has 0 aliphatic carbocycles. The van der Waals surface area contributed by atoms with Crippen LogP contribution in [-0.2, 0) is 4.74 Å². The van der Waals surface area contributed by atoms with Gasteiger partial charge in [-0.1, -0.05) is 11.6 Å². The van der Waals surface area contributed by atoms with Crippen LogP contribution >= 0.6 is 34.5 Å². The molecule has 0 saturated carbocycles. The van der Waals surface area contributed by atoms with Gasteiger partial charge in [-0.25, -0.2) is 9.78 Å². The van der Waals surface area contributed by atoms with Gasteiger partial charge in [0.15, 0.2) is 0 Å². The number of ether oxygens (including phenoxy) is 1. The Kier molecular flexibility index (Phi) is 4.62. The molecule has 2 aromatic heterocycles. The van der Waals surface area contributed by atoms with Crippen molar-refractivity contribution in [2.45, 2.75) is 13.8 Å². The van der Waals surface area contributed by atoms with Crippen LogP contribution in [0.15, 0.2) is 18.2 Å². The van der Waals surface area contributed by atoms with E-state index in [9.17, 15) is 4.79 Å². The van der Waals surface area contributed by atoms with Crippen molar-refractivity contribution in [3.8, 4) is 0 Å². The van der Waals surface area contributed by atoms with Gasteiger partial charge in [-0.15, -0.1) is 11.3 Å². The molecule has 124 valence electrons. The summed E-state index contributed by atoms with van der Waals surface area (Å²) in [7, 11) is 1.35. The Morgan fingerprint density at radius 3 is 2.67 bits per heavy atom. The van der Waals surface area contributed by atoms with Crippen LogP contribution in [0, 0.1) is 13.8 Å². The number of nitrogens with zero attached hydrogens (tertiary/aromatic N) is 2. The molecule has 0 aliphatic heterocycles. The minimum atomic E-state index is -0.403. The Morgan fingerprint density at radius 2 is 2.00 bits per heavy atom. The van der Waals surface area contributed by atoms with Gasteiger partial charge in [0.25, 0.3) is 0 Å². The summed E-state index contributed by atoms with van der Waals surface area (Å²) in [5.74, 6) is 0.138. The topological polar surface area (TPSA) is 64.1 Å². The number of carbonyl (C=O) groups is 1. The summed E-state index contributed by atoms with van der Waals surface area (Å²) in [5, 5.41) is 4.77. The second kappa shape index (κ2) is 6.55. The lowest BCUT2D eigenvalue weighted by Crippen LogP contribution is -2.01. The normalized spacial score (nSPS) is 10.9. The van der Waals surface area contributed by atoms with Crippen LogP contribution in [0.2, 0.25) is 10.3 Å². The molecule has 0 saturated heterocycles. The van der Waals surface area contributed by atoms with Gasteiger partial charge in [0.1, 0.15) is 15.5 Å². The smallest absolute Gasteiger partial charge is 0.348 e. The van der Waals surface area contributed by atoms with Gasteiger partial charge in [-0.3, -0.25) is 0 Å². The predicted molar refractivity (Wildman–Crippen MR) is 98.0 cm³/mol. The number of methoxy groups -OCH3 is 1. The Morgan fingerprint density at radius 1 is 1.25 bits per heavy atom. The molecule has 5 nitrogen and oxygen atoms in total. The Balaban J connectivity index is 2.16. The van der Waals surface area contributed by atoms with E-state index in [0.29, 0.717) is 20.5 Å². The van der Waals surface area contributed by atoms with Gasteiger partial charge < -0.3 is 10.1 Å².